The van der Waals surface area contributed by atoms with Crippen LogP contribution in [0.5, 0.6) is 5.75 Å². The minimum atomic E-state index is -0.875. The SMILES string of the molecule is CC=CCOc1ccc(C(F)=C(F)c2ccc3cc(CC)ccc3c2)cc1. The molecule has 0 unspecified atom stereocenters. The Bertz CT molecular complexity index is 985. The van der Waals surface area contributed by atoms with Crippen molar-refractivity contribution in [1.82, 2.24) is 0 Å². The Hall–Kier alpha value is -2.94. The summed E-state index contributed by atoms with van der Waals surface area (Å²) in [6, 6.07) is 17.5. The number of hydrogen-bond donors (Lipinski definition) is 0. The van der Waals surface area contributed by atoms with E-state index in [0.717, 1.165) is 17.2 Å². The summed E-state index contributed by atoms with van der Waals surface area (Å²) in [6.45, 7) is 4.44. The van der Waals surface area contributed by atoms with Crippen molar-refractivity contribution in [2.24, 2.45) is 0 Å². The molecule has 3 aromatic carbocycles. The summed E-state index contributed by atoms with van der Waals surface area (Å²) in [5.74, 6) is -1.12. The van der Waals surface area contributed by atoms with Crippen LogP contribution in [0.1, 0.15) is 30.5 Å². The van der Waals surface area contributed by atoms with Crippen LogP contribution in [-0.2, 0) is 6.42 Å². The Kier molecular flexibility index (Phi) is 6.02. The van der Waals surface area contributed by atoms with Gasteiger partial charge >= 0.3 is 0 Å². The maximum absolute atomic E-state index is 14.7. The van der Waals surface area contributed by atoms with Crippen LogP contribution in [0.4, 0.5) is 8.78 Å². The first kappa shape index (κ1) is 18.8. The highest BCUT2D eigenvalue weighted by molar-refractivity contribution is 5.90. The fraction of sp³-hybridized carbons (Fsp3) is 0.167. The molecule has 0 saturated carbocycles. The largest absolute Gasteiger partial charge is 0.490 e. The van der Waals surface area contributed by atoms with Gasteiger partial charge in [0.1, 0.15) is 12.4 Å². The van der Waals surface area contributed by atoms with Gasteiger partial charge in [0, 0.05) is 11.1 Å². The van der Waals surface area contributed by atoms with Crippen molar-refractivity contribution in [3.05, 3.63) is 89.5 Å². The fourth-order valence-corrected chi connectivity index (χ4v) is 2.84. The summed E-state index contributed by atoms with van der Waals surface area (Å²) in [5.41, 5.74) is 1.64. The molecule has 0 N–H and O–H groups in total. The molecule has 0 aliphatic heterocycles. The van der Waals surface area contributed by atoms with E-state index in [0.29, 0.717) is 12.4 Å². The van der Waals surface area contributed by atoms with E-state index in [9.17, 15) is 8.78 Å². The van der Waals surface area contributed by atoms with Gasteiger partial charge in [-0.3, -0.25) is 0 Å². The lowest BCUT2D eigenvalue weighted by Crippen LogP contribution is -1.93. The molecule has 3 aromatic rings. The van der Waals surface area contributed by atoms with Gasteiger partial charge in [0.2, 0.25) is 0 Å². The monoisotopic (exact) mass is 364 g/mol. The Morgan fingerprint density at radius 1 is 0.852 bits per heavy atom. The smallest absolute Gasteiger partial charge is 0.166 e. The molecule has 0 bridgehead atoms. The summed E-state index contributed by atoms with van der Waals surface area (Å²) in [5, 5.41) is 1.91. The quantitative estimate of drug-likeness (QED) is 0.334. The molecule has 0 saturated heterocycles. The van der Waals surface area contributed by atoms with Gasteiger partial charge in [0.25, 0.3) is 0 Å². The molecule has 0 aliphatic rings. The van der Waals surface area contributed by atoms with E-state index in [4.69, 9.17) is 4.74 Å². The lowest BCUT2D eigenvalue weighted by molar-refractivity contribution is 0.362. The van der Waals surface area contributed by atoms with Gasteiger partial charge in [0.05, 0.1) is 0 Å². The molecule has 0 spiro atoms. The molecule has 0 amide bonds. The molecule has 138 valence electrons. The highest BCUT2D eigenvalue weighted by Gasteiger charge is 2.12. The second kappa shape index (κ2) is 8.63. The van der Waals surface area contributed by atoms with Gasteiger partial charge < -0.3 is 4.74 Å². The maximum Gasteiger partial charge on any atom is 0.166 e. The van der Waals surface area contributed by atoms with Crippen molar-refractivity contribution in [3.63, 3.8) is 0 Å². The maximum atomic E-state index is 14.7. The standard InChI is InChI=1S/C24H22F2O/c1-3-5-14-27-22-12-10-18(11-13-22)23(25)24(26)21-9-8-19-15-17(4-2)6-7-20(19)16-21/h3,5-13,15-16H,4,14H2,1-2H3. The highest BCUT2D eigenvalue weighted by Crippen LogP contribution is 2.31. The van der Waals surface area contributed by atoms with Crippen LogP contribution in [0.25, 0.3) is 22.4 Å². The molecular weight excluding hydrogens is 342 g/mol. The Morgan fingerprint density at radius 2 is 1.48 bits per heavy atom. The number of hydrogen-bond acceptors (Lipinski definition) is 1. The van der Waals surface area contributed by atoms with Gasteiger partial charge in [-0.25, -0.2) is 8.78 Å². The highest BCUT2D eigenvalue weighted by atomic mass is 19.2. The van der Waals surface area contributed by atoms with E-state index in [-0.39, 0.29) is 11.1 Å². The minimum absolute atomic E-state index is 0.187. The van der Waals surface area contributed by atoms with E-state index >= 15 is 0 Å². The van der Waals surface area contributed by atoms with Crippen LogP contribution < -0.4 is 4.74 Å². The zero-order valence-corrected chi connectivity index (χ0v) is 15.5. The summed E-state index contributed by atoms with van der Waals surface area (Å²) in [7, 11) is 0. The number of ether oxygens (including phenoxy) is 1. The normalized spacial score (nSPS) is 12.4. The summed E-state index contributed by atoms with van der Waals surface area (Å²) in [6.07, 6.45) is 4.70. The van der Waals surface area contributed by atoms with Crippen molar-refractivity contribution in [2.75, 3.05) is 6.61 Å². The number of benzene rings is 3. The molecule has 27 heavy (non-hydrogen) atoms. The van der Waals surface area contributed by atoms with Crippen LogP contribution >= 0.6 is 0 Å². The van der Waals surface area contributed by atoms with Gasteiger partial charge in [-0.1, -0.05) is 49.4 Å². The first-order chi connectivity index (χ1) is 13.1. The summed E-state index contributed by atoms with van der Waals surface area (Å²) >= 11 is 0. The van der Waals surface area contributed by atoms with Crippen molar-refractivity contribution in [3.8, 4) is 5.75 Å². The number of allylic oxidation sites excluding steroid dienone is 1. The topological polar surface area (TPSA) is 9.23 Å². The molecule has 3 heteroatoms. The van der Waals surface area contributed by atoms with Gasteiger partial charge in [-0.2, -0.15) is 0 Å². The summed E-state index contributed by atoms with van der Waals surface area (Å²) in [4.78, 5) is 0. The number of aryl methyl sites for hydroxylation is 1. The van der Waals surface area contributed by atoms with E-state index in [1.165, 1.54) is 17.7 Å². The molecule has 0 aromatic heterocycles. The zero-order chi connectivity index (χ0) is 19.2. The fourth-order valence-electron chi connectivity index (χ4n) is 2.84. The first-order valence-corrected chi connectivity index (χ1v) is 9.05. The van der Waals surface area contributed by atoms with Crippen LogP contribution in [0.3, 0.4) is 0 Å². The predicted molar refractivity (Wildman–Crippen MR) is 109 cm³/mol. The molecule has 0 atom stereocenters. The number of halogens is 2. The van der Waals surface area contributed by atoms with E-state index < -0.39 is 11.7 Å². The van der Waals surface area contributed by atoms with E-state index in [2.05, 4.69) is 13.0 Å². The first-order valence-electron chi connectivity index (χ1n) is 9.05. The van der Waals surface area contributed by atoms with Crippen molar-refractivity contribution < 1.29 is 13.5 Å². The van der Waals surface area contributed by atoms with Crippen LogP contribution in [0, 0.1) is 0 Å². The predicted octanol–water partition coefficient (Wildman–Crippen LogP) is 7.12. The molecule has 0 radical (unpaired) electrons. The van der Waals surface area contributed by atoms with Gasteiger partial charge in [-0.15, -0.1) is 0 Å². The molecule has 0 aliphatic carbocycles. The Labute approximate surface area is 158 Å². The zero-order valence-electron chi connectivity index (χ0n) is 15.5. The third-order valence-corrected chi connectivity index (χ3v) is 4.45. The van der Waals surface area contributed by atoms with Gasteiger partial charge in [-0.05, 0) is 60.0 Å². The van der Waals surface area contributed by atoms with Crippen LogP contribution in [0.2, 0.25) is 0 Å². The second-order valence-electron chi connectivity index (χ2n) is 6.28. The average molecular weight is 364 g/mol. The second-order valence-corrected chi connectivity index (χ2v) is 6.28. The lowest BCUT2D eigenvalue weighted by Gasteiger charge is -2.07. The van der Waals surface area contributed by atoms with Crippen LogP contribution in [-0.4, -0.2) is 6.61 Å². The molecule has 1 nitrogen and oxygen atoms in total. The molecule has 3 rings (SSSR count). The average Bonchev–Trinajstić information content (AvgIpc) is 2.72. The Morgan fingerprint density at radius 3 is 2.19 bits per heavy atom. The van der Waals surface area contributed by atoms with Crippen molar-refractivity contribution in [1.29, 1.82) is 0 Å². The summed E-state index contributed by atoms with van der Waals surface area (Å²) < 4.78 is 34.8. The van der Waals surface area contributed by atoms with Crippen LogP contribution in [0.15, 0.2) is 72.8 Å². The Balaban J connectivity index is 1.87. The number of rotatable bonds is 6. The van der Waals surface area contributed by atoms with Crippen molar-refractivity contribution >= 4 is 22.4 Å². The molecular formula is C24H22F2O. The molecule has 0 heterocycles. The van der Waals surface area contributed by atoms with Crippen molar-refractivity contribution in [2.45, 2.75) is 20.3 Å². The third kappa shape index (κ3) is 4.43. The number of fused-ring (bicyclic) bond motifs is 1. The molecule has 0 fully saturated rings. The lowest BCUT2D eigenvalue weighted by atomic mass is 10.0. The third-order valence-electron chi connectivity index (χ3n) is 4.45. The van der Waals surface area contributed by atoms with E-state index in [1.54, 1.807) is 24.3 Å². The van der Waals surface area contributed by atoms with E-state index in [1.807, 2.05) is 37.3 Å². The van der Waals surface area contributed by atoms with Gasteiger partial charge in [0.15, 0.2) is 11.7 Å². The minimum Gasteiger partial charge on any atom is -0.490 e.